The summed E-state index contributed by atoms with van der Waals surface area (Å²) in [4.78, 5) is 32.8. The highest BCUT2D eigenvalue weighted by atomic mass is 19.1. The van der Waals surface area contributed by atoms with Gasteiger partial charge in [-0.05, 0) is 6.92 Å². The Morgan fingerprint density at radius 3 is 2.87 bits per heavy atom. The van der Waals surface area contributed by atoms with Crippen LogP contribution in [0.1, 0.15) is 13.2 Å². The molecule has 0 amide bonds. The monoisotopic (exact) mass is 216 g/mol. The molecule has 15 heavy (non-hydrogen) atoms. The number of hydrogen-bond acceptors (Lipinski definition) is 4. The molecule has 0 saturated heterocycles. The predicted octanol–water partition coefficient (Wildman–Crippen LogP) is -0.432. The summed E-state index contributed by atoms with van der Waals surface area (Å²) in [6.07, 6.45) is -2.33. The maximum absolute atomic E-state index is 13.3. The first kappa shape index (κ1) is 11.2. The molecule has 1 unspecified atom stereocenters. The number of hydrogen-bond donors (Lipinski definition) is 1. The average molecular weight is 216 g/mol. The summed E-state index contributed by atoms with van der Waals surface area (Å²) in [5.41, 5.74) is -1.50. The number of nitrogens with zero attached hydrogens (tertiary/aromatic N) is 1. The average Bonchev–Trinajstić information content (AvgIpc) is 2.21. The van der Waals surface area contributed by atoms with Crippen molar-refractivity contribution in [3.05, 3.63) is 32.8 Å². The maximum atomic E-state index is 13.3. The number of aromatic nitrogens is 2. The molecule has 1 N–H and O–H groups in total. The second-order valence-corrected chi connectivity index (χ2v) is 2.61. The first-order valence-corrected chi connectivity index (χ1v) is 4.19. The lowest BCUT2D eigenvalue weighted by atomic mass is 10.5. The van der Waals surface area contributed by atoms with Gasteiger partial charge >= 0.3 is 5.97 Å². The molecule has 0 bridgehead atoms. The molecule has 0 aliphatic carbocycles. The zero-order valence-corrected chi connectivity index (χ0v) is 7.90. The van der Waals surface area contributed by atoms with Crippen LogP contribution in [0.2, 0.25) is 0 Å². The Morgan fingerprint density at radius 2 is 2.27 bits per heavy atom. The van der Waals surface area contributed by atoms with E-state index in [-0.39, 0.29) is 11.3 Å². The Bertz CT molecular complexity index is 464. The van der Waals surface area contributed by atoms with Gasteiger partial charge in [0.1, 0.15) is 0 Å². The summed E-state index contributed by atoms with van der Waals surface area (Å²) < 4.78 is 17.9. The molecule has 6 nitrogen and oxygen atoms in total. The van der Waals surface area contributed by atoms with Crippen LogP contribution in [-0.4, -0.2) is 22.4 Å². The predicted molar refractivity (Wildman–Crippen MR) is 48.1 cm³/mol. The molecule has 0 fully saturated rings. The molecule has 1 aromatic rings. The van der Waals surface area contributed by atoms with Crippen LogP contribution in [0.15, 0.2) is 21.7 Å². The zero-order chi connectivity index (χ0) is 11.4. The Balaban J connectivity index is 3.05. The van der Waals surface area contributed by atoms with Crippen molar-refractivity contribution in [2.75, 3.05) is 6.61 Å². The quantitative estimate of drug-likeness (QED) is 0.695. The van der Waals surface area contributed by atoms with Gasteiger partial charge in [-0.1, -0.05) is 0 Å². The van der Waals surface area contributed by atoms with E-state index in [4.69, 9.17) is 0 Å². The molecule has 1 aromatic heterocycles. The van der Waals surface area contributed by atoms with Gasteiger partial charge in [-0.3, -0.25) is 14.7 Å². The van der Waals surface area contributed by atoms with Gasteiger partial charge in [0.2, 0.25) is 0 Å². The summed E-state index contributed by atoms with van der Waals surface area (Å²) in [7, 11) is 0. The number of carbonyl (C=O) groups excluding carboxylic acids is 1. The number of halogens is 1. The van der Waals surface area contributed by atoms with Gasteiger partial charge in [0, 0.05) is 12.1 Å². The van der Waals surface area contributed by atoms with E-state index in [0.29, 0.717) is 0 Å². The Morgan fingerprint density at radius 1 is 1.60 bits per heavy atom. The second-order valence-electron chi connectivity index (χ2n) is 2.61. The maximum Gasteiger partial charge on any atom is 0.363 e. The molecular formula is C8H9FN2O4. The molecule has 0 saturated carbocycles. The van der Waals surface area contributed by atoms with Crippen molar-refractivity contribution in [3.63, 3.8) is 0 Å². The fourth-order valence-electron chi connectivity index (χ4n) is 0.923. The summed E-state index contributed by atoms with van der Waals surface area (Å²) in [5.74, 6) is -1.22. The Labute approximate surface area is 83.3 Å². The van der Waals surface area contributed by atoms with Gasteiger partial charge in [-0.25, -0.2) is 13.9 Å². The highest BCUT2D eigenvalue weighted by molar-refractivity contribution is 5.72. The number of carbonyl (C=O) groups is 1. The van der Waals surface area contributed by atoms with Gasteiger partial charge in [0.25, 0.3) is 17.4 Å². The minimum Gasteiger partial charge on any atom is -0.462 e. The number of esters is 1. The largest absolute Gasteiger partial charge is 0.462 e. The molecule has 1 rings (SSSR count). The number of H-pyrrole nitrogens is 1. The Hall–Kier alpha value is -1.92. The van der Waals surface area contributed by atoms with Crippen LogP contribution in [0, 0.1) is 0 Å². The fourth-order valence-corrected chi connectivity index (χ4v) is 0.923. The second kappa shape index (κ2) is 4.54. The highest BCUT2D eigenvalue weighted by Crippen LogP contribution is 2.04. The first-order chi connectivity index (χ1) is 7.06. The van der Waals surface area contributed by atoms with Crippen LogP contribution < -0.4 is 11.1 Å². The van der Waals surface area contributed by atoms with Crippen molar-refractivity contribution >= 4 is 5.97 Å². The van der Waals surface area contributed by atoms with Crippen molar-refractivity contribution in [3.8, 4) is 0 Å². The van der Waals surface area contributed by atoms with Crippen molar-refractivity contribution < 1.29 is 13.9 Å². The lowest BCUT2D eigenvalue weighted by Gasteiger charge is -2.09. The summed E-state index contributed by atoms with van der Waals surface area (Å²) in [6.45, 7) is 1.49. The van der Waals surface area contributed by atoms with Gasteiger partial charge in [0.15, 0.2) is 0 Å². The zero-order valence-electron chi connectivity index (χ0n) is 7.90. The van der Waals surface area contributed by atoms with E-state index >= 15 is 0 Å². The van der Waals surface area contributed by atoms with Crippen LogP contribution in [-0.2, 0) is 9.53 Å². The molecule has 0 aliphatic rings. The highest BCUT2D eigenvalue weighted by Gasteiger charge is 2.22. The summed E-state index contributed by atoms with van der Waals surface area (Å²) in [5, 5.41) is 1.89. The standard InChI is InChI=1S/C8H9FN2O4/c1-2-15-8(14)7(9)11-6(13)4-3-5(12)10-11/h3-4,7H,2H2,1H3,(H,10,12). The first-order valence-electron chi connectivity index (χ1n) is 4.19. The van der Waals surface area contributed by atoms with Gasteiger partial charge in [-0.15, -0.1) is 0 Å². The topological polar surface area (TPSA) is 81.2 Å². The van der Waals surface area contributed by atoms with E-state index in [1.807, 2.05) is 5.10 Å². The molecule has 0 aromatic carbocycles. The van der Waals surface area contributed by atoms with E-state index < -0.39 is 23.4 Å². The molecule has 0 aliphatic heterocycles. The van der Waals surface area contributed by atoms with E-state index in [1.165, 1.54) is 6.92 Å². The molecule has 1 atom stereocenters. The van der Waals surface area contributed by atoms with Crippen LogP contribution >= 0.6 is 0 Å². The van der Waals surface area contributed by atoms with E-state index in [1.54, 1.807) is 0 Å². The SMILES string of the molecule is CCOC(=O)C(F)n1[nH]c(=O)ccc1=O. The van der Waals surface area contributed by atoms with Gasteiger partial charge in [0.05, 0.1) is 6.61 Å². The molecular weight excluding hydrogens is 207 g/mol. The van der Waals surface area contributed by atoms with Crippen LogP contribution in [0.5, 0.6) is 0 Å². The van der Waals surface area contributed by atoms with Crippen molar-refractivity contribution in [2.45, 2.75) is 13.2 Å². The van der Waals surface area contributed by atoms with Gasteiger partial charge < -0.3 is 4.74 Å². The van der Waals surface area contributed by atoms with Gasteiger partial charge in [-0.2, -0.15) is 0 Å². The smallest absolute Gasteiger partial charge is 0.363 e. The van der Waals surface area contributed by atoms with Crippen LogP contribution in [0.3, 0.4) is 0 Å². The molecule has 7 heteroatoms. The molecule has 1 heterocycles. The third kappa shape index (κ3) is 2.52. The number of aromatic amines is 1. The van der Waals surface area contributed by atoms with Crippen LogP contribution in [0.25, 0.3) is 0 Å². The number of alkyl halides is 1. The minimum atomic E-state index is -2.33. The lowest BCUT2D eigenvalue weighted by molar-refractivity contribution is -0.153. The summed E-state index contributed by atoms with van der Waals surface area (Å²) >= 11 is 0. The third-order valence-electron chi connectivity index (χ3n) is 1.55. The van der Waals surface area contributed by atoms with E-state index in [2.05, 4.69) is 4.74 Å². The molecule has 0 radical (unpaired) electrons. The normalized spacial score (nSPS) is 12.1. The van der Waals surface area contributed by atoms with Crippen LogP contribution in [0.4, 0.5) is 4.39 Å². The summed E-state index contributed by atoms with van der Waals surface area (Å²) in [6, 6.07) is 1.81. The number of nitrogens with one attached hydrogen (secondary N) is 1. The van der Waals surface area contributed by atoms with Crippen molar-refractivity contribution in [2.24, 2.45) is 0 Å². The number of rotatable bonds is 3. The van der Waals surface area contributed by atoms with Crippen molar-refractivity contribution in [1.29, 1.82) is 0 Å². The minimum absolute atomic E-state index is 0.00886. The third-order valence-corrected chi connectivity index (χ3v) is 1.55. The molecule has 0 spiro atoms. The number of ether oxygens (including phenoxy) is 1. The molecule has 82 valence electrons. The van der Waals surface area contributed by atoms with Crippen molar-refractivity contribution in [1.82, 2.24) is 9.78 Å². The lowest BCUT2D eigenvalue weighted by Crippen LogP contribution is -2.33. The van der Waals surface area contributed by atoms with E-state index in [9.17, 15) is 18.8 Å². The van der Waals surface area contributed by atoms with E-state index in [0.717, 1.165) is 12.1 Å². The fraction of sp³-hybridized carbons (Fsp3) is 0.375. The Kier molecular flexibility index (Phi) is 3.37.